The van der Waals surface area contributed by atoms with Crippen LogP contribution in [0, 0.1) is 7.43 Å². The number of rotatable bonds is 8. The molecule has 0 spiro atoms. The van der Waals surface area contributed by atoms with Crippen molar-refractivity contribution in [1.29, 1.82) is 0 Å². The summed E-state index contributed by atoms with van der Waals surface area (Å²) in [7, 11) is 3.61. The zero-order chi connectivity index (χ0) is 16.3. The second-order valence-electron chi connectivity index (χ2n) is 5.18. The summed E-state index contributed by atoms with van der Waals surface area (Å²) in [5.41, 5.74) is 1.59. The SMILES string of the molecule is CC(C)[N-]CCCCC1=CC=CC1.CC[N-]C.CC[N-]C.[CH3-].[Hf+4]. The number of hydrogen-bond acceptors (Lipinski definition) is 0. The predicted molar refractivity (Wildman–Crippen MR) is 105 cm³/mol. The van der Waals surface area contributed by atoms with Gasteiger partial charge in [0.05, 0.1) is 0 Å². The number of unbranched alkanes of at least 4 members (excludes halogenated alkanes) is 1. The third-order valence-corrected chi connectivity index (χ3v) is 2.88. The van der Waals surface area contributed by atoms with Gasteiger partial charge in [0.1, 0.15) is 0 Å². The van der Waals surface area contributed by atoms with Gasteiger partial charge in [-0.05, 0) is 12.8 Å². The summed E-state index contributed by atoms with van der Waals surface area (Å²) in [5.74, 6) is 0. The van der Waals surface area contributed by atoms with Crippen molar-refractivity contribution in [3.05, 3.63) is 47.2 Å². The van der Waals surface area contributed by atoms with E-state index >= 15 is 0 Å². The molecule has 0 radical (unpaired) electrons. The second-order valence-corrected chi connectivity index (χ2v) is 5.18. The molecule has 0 bridgehead atoms. The molecule has 0 aliphatic heterocycles. The fraction of sp³-hybridized carbons (Fsp3) is 0.737. The summed E-state index contributed by atoms with van der Waals surface area (Å²) < 4.78 is 0. The van der Waals surface area contributed by atoms with Crippen molar-refractivity contribution in [3.8, 4) is 0 Å². The van der Waals surface area contributed by atoms with Gasteiger partial charge in [0.25, 0.3) is 0 Å². The van der Waals surface area contributed by atoms with Crippen LogP contribution in [-0.4, -0.2) is 39.8 Å². The van der Waals surface area contributed by atoms with Crippen LogP contribution >= 0.6 is 0 Å². The Morgan fingerprint density at radius 2 is 1.57 bits per heavy atom. The van der Waals surface area contributed by atoms with Gasteiger partial charge in [-0.15, -0.1) is 12.6 Å². The minimum Gasteiger partial charge on any atom is -0.665 e. The van der Waals surface area contributed by atoms with Gasteiger partial charge in [-0.1, -0.05) is 64.3 Å². The van der Waals surface area contributed by atoms with Crippen LogP contribution < -0.4 is 0 Å². The van der Waals surface area contributed by atoms with Crippen LogP contribution in [0.2, 0.25) is 0 Å². The Morgan fingerprint density at radius 1 is 1.04 bits per heavy atom. The Bertz CT molecular complexity index is 243. The van der Waals surface area contributed by atoms with E-state index in [4.69, 9.17) is 0 Å². The van der Waals surface area contributed by atoms with Gasteiger partial charge in [-0.3, -0.25) is 0 Å². The van der Waals surface area contributed by atoms with Crippen LogP contribution in [0.3, 0.4) is 0 Å². The van der Waals surface area contributed by atoms with E-state index in [0.29, 0.717) is 6.04 Å². The van der Waals surface area contributed by atoms with Gasteiger partial charge in [0.15, 0.2) is 0 Å². The first-order chi connectivity index (χ1) is 10.1. The van der Waals surface area contributed by atoms with Gasteiger partial charge in [0.2, 0.25) is 0 Å². The van der Waals surface area contributed by atoms with Gasteiger partial charge >= 0.3 is 25.8 Å². The Morgan fingerprint density at radius 3 is 1.91 bits per heavy atom. The van der Waals surface area contributed by atoms with E-state index in [1.807, 2.05) is 13.8 Å². The number of allylic oxidation sites excluding steroid dienone is 4. The van der Waals surface area contributed by atoms with Gasteiger partial charge in [-0.2, -0.15) is 27.2 Å². The zero-order valence-electron chi connectivity index (χ0n) is 16.6. The molecule has 0 heterocycles. The predicted octanol–water partition coefficient (Wildman–Crippen LogP) is 6.29. The fourth-order valence-corrected chi connectivity index (χ4v) is 1.49. The molecule has 0 aromatic rings. The van der Waals surface area contributed by atoms with Crippen LogP contribution in [0.5, 0.6) is 0 Å². The molecular formula is C19H39HfN3. The molecule has 3 nitrogen and oxygen atoms in total. The summed E-state index contributed by atoms with van der Waals surface area (Å²) in [6.45, 7) is 11.2. The topological polar surface area (TPSA) is 42.3 Å². The quantitative estimate of drug-likeness (QED) is 0.219. The summed E-state index contributed by atoms with van der Waals surface area (Å²) in [5, 5.41) is 11.9. The van der Waals surface area contributed by atoms with Crippen molar-refractivity contribution >= 4 is 0 Å². The summed E-state index contributed by atoms with van der Waals surface area (Å²) in [6, 6.07) is 0.507. The fourth-order valence-electron chi connectivity index (χ4n) is 1.49. The number of hydrogen-bond donors (Lipinski definition) is 0. The Labute approximate surface area is 165 Å². The summed E-state index contributed by atoms with van der Waals surface area (Å²) >= 11 is 0. The van der Waals surface area contributed by atoms with Crippen LogP contribution in [0.4, 0.5) is 0 Å². The largest absolute Gasteiger partial charge is 4.00 e. The van der Waals surface area contributed by atoms with Crippen molar-refractivity contribution in [1.82, 2.24) is 0 Å². The maximum atomic E-state index is 4.45. The molecule has 1 aliphatic carbocycles. The van der Waals surface area contributed by atoms with Gasteiger partial charge < -0.3 is 23.4 Å². The molecule has 23 heavy (non-hydrogen) atoms. The van der Waals surface area contributed by atoms with E-state index < -0.39 is 0 Å². The van der Waals surface area contributed by atoms with Crippen LogP contribution in [-0.2, 0) is 25.8 Å². The monoisotopic (exact) mass is 489 g/mol. The van der Waals surface area contributed by atoms with E-state index in [-0.39, 0.29) is 33.3 Å². The normalized spacial score (nSPS) is 11.3. The van der Waals surface area contributed by atoms with Crippen molar-refractivity contribution in [2.24, 2.45) is 0 Å². The standard InChI is InChI=1S/C12H20N.2C3H8N.CH3.Hf/c1-11(2)13-10-6-5-9-12-7-3-4-8-12;2*1-3-4-2;;/h3-4,7,11H,5-6,8-10H2,1-2H3;2*3H2,1-2H3;1H3;/q4*-1;+4. The minimum absolute atomic E-state index is 0. The van der Waals surface area contributed by atoms with Crippen LogP contribution in [0.25, 0.3) is 16.0 Å². The molecule has 0 saturated carbocycles. The molecular weight excluding hydrogens is 449 g/mol. The van der Waals surface area contributed by atoms with Crippen molar-refractivity contribution in [3.63, 3.8) is 0 Å². The molecule has 0 atom stereocenters. The van der Waals surface area contributed by atoms with E-state index in [0.717, 1.165) is 19.6 Å². The Kier molecular flexibility index (Phi) is 36.6. The number of nitrogens with zero attached hydrogens (tertiary/aromatic N) is 3. The molecule has 4 heteroatoms. The Hall–Kier alpha value is 0.230. The first-order valence-corrected chi connectivity index (χ1v) is 8.24. The maximum Gasteiger partial charge on any atom is 4.00 e. The summed E-state index contributed by atoms with van der Waals surface area (Å²) in [4.78, 5) is 0. The average Bonchev–Trinajstić information content (AvgIpc) is 3.00. The molecule has 134 valence electrons. The average molecular weight is 488 g/mol. The van der Waals surface area contributed by atoms with E-state index in [2.05, 4.69) is 48.0 Å². The van der Waals surface area contributed by atoms with Gasteiger partial charge in [-0.25, -0.2) is 0 Å². The van der Waals surface area contributed by atoms with E-state index in [9.17, 15) is 0 Å². The molecule has 0 aromatic carbocycles. The third kappa shape index (κ3) is 30.6. The second kappa shape index (κ2) is 27.1. The molecule has 1 rings (SSSR count). The first-order valence-electron chi connectivity index (χ1n) is 8.24. The maximum absolute atomic E-state index is 4.45. The van der Waals surface area contributed by atoms with E-state index in [1.165, 1.54) is 25.7 Å². The molecule has 0 aromatic heterocycles. The molecule has 0 unspecified atom stereocenters. The van der Waals surface area contributed by atoms with Crippen molar-refractivity contribution < 1.29 is 25.8 Å². The molecule has 0 saturated heterocycles. The van der Waals surface area contributed by atoms with Crippen LogP contribution in [0.15, 0.2) is 23.8 Å². The van der Waals surface area contributed by atoms with Gasteiger partial charge in [0, 0.05) is 0 Å². The van der Waals surface area contributed by atoms with Crippen molar-refractivity contribution in [2.75, 3.05) is 33.7 Å². The van der Waals surface area contributed by atoms with Crippen molar-refractivity contribution in [2.45, 2.75) is 59.4 Å². The summed E-state index contributed by atoms with van der Waals surface area (Å²) in [6.07, 6.45) is 11.6. The van der Waals surface area contributed by atoms with E-state index in [1.54, 1.807) is 19.7 Å². The minimum atomic E-state index is 0. The molecule has 0 fully saturated rings. The smallest absolute Gasteiger partial charge is 0.665 e. The molecule has 0 amide bonds. The third-order valence-electron chi connectivity index (χ3n) is 2.88. The Balaban J connectivity index is -0.000000153. The van der Waals surface area contributed by atoms with Crippen LogP contribution in [0.1, 0.15) is 53.4 Å². The first kappa shape index (κ1) is 31.0. The molecule has 1 aliphatic rings. The molecule has 0 N–H and O–H groups in total. The zero-order valence-corrected chi connectivity index (χ0v) is 20.2.